The number of likely N-dealkylation sites (N-methyl/N-ethyl adjacent to an activating group) is 1. The summed E-state index contributed by atoms with van der Waals surface area (Å²) in [4.78, 5) is 38.8. The number of hydrogen-bond acceptors (Lipinski definition) is 4. The summed E-state index contributed by atoms with van der Waals surface area (Å²) < 4.78 is 0. The molecular formula is C19H23N5O2. The average Bonchev–Trinajstić information content (AvgIpc) is 3.34. The lowest BCUT2D eigenvalue weighted by molar-refractivity contribution is -0.149. The zero-order valence-corrected chi connectivity index (χ0v) is 14.9. The van der Waals surface area contributed by atoms with Crippen molar-refractivity contribution in [3.8, 4) is 0 Å². The molecule has 0 saturated carbocycles. The molecule has 7 heteroatoms. The maximum absolute atomic E-state index is 13.1. The van der Waals surface area contributed by atoms with Gasteiger partial charge in [0.1, 0.15) is 11.2 Å². The van der Waals surface area contributed by atoms with E-state index < -0.39 is 5.54 Å². The molecule has 0 aromatic carbocycles. The first kappa shape index (κ1) is 16.8. The van der Waals surface area contributed by atoms with E-state index in [4.69, 9.17) is 0 Å². The molecule has 1 atom stereocenters. The SMILES string of the molecule is CN1CCN(Cc2cccnc2)[C@]2(CCN(C(=O)c3ccc[nH]3)C2)C1=O. The predicted molar refractivity (Wildman–Crippen MR) is 96.3 cm³/mol. The van der Waals surface area contributed by atoms with Crippen molar-refractivity contribution in [1.82, 2.24) is 24.7 Å². The summed E-state index contributed by atoms with van der Waals surface area (Å²) in [6.45, 7) is 3.17. The fraction of sp³-hybridized carbons (Fsp3) is 0.421. The van der Waals surface area contributed by atoms with E-state index in [1.54, 1.807) is 28.3 Å². The van der Waals surface area contributed by atoms with E-state index in [1.165, 1.54) is 0 Å². The molecule has 0 radical (unpaired) electrons. The van der Waals surface area contributed by atoms with Gasteiger partial charge in [0.05, 0.1) is 0 Å². The highest BCUT2D eigenvalue weighted by Gasteiger charge is 2.53. The van der Waals surface area contributed by atoms with Crippen LogP contribution in [-0.4, -0.2) is 75.2 Å². The Bertz CT molecular complexity index is 792. The van der Waals surface area contributed by atoms with Crippen molar-refractivity contribution in [3.63, 3.8) is 0 Å². The highest BCUT2D eigenvalue weighted by molar-refractivity contribution is 5.95. The molecule has 1 N–H and O–H groups in total. The summed E-state index contributed by atoms with van der Waals surface area (Å²) in [6, 6.07) is 7.53. The maximum Gasteiger partial charge on any atom is 0.270 e. The first-order valence-corrected chi connectivity index (χ1v) is 8.92. The second kappa shape index (κ2) is 6.57. The number of carbonyl (C=O) groups is 2. The normalized spacial score (nSPS) is 23.8. The van der Waals surface area contributed by atoms with Crippen LogP contribution in [0.25, 0.3) is 0 Å². The monoisotopic (exact) mass is 353 g/mol. The van der Waals surface area contributed by atoms with Gasteiger partial charge in [0, 0.05) is 58.4 Å². The van der Waals surface area contributed by atoms with Crippen molar-refractivity contribution < 1.29 is 9.59 Å². The molecule has 136 valence electrons. The smallest absolute Gasteiger partial charge is 0.270 e. The molecule has 26 heavy (non-hydrogen) atoms. The number of rotatable bonds is 3. The van der Waals surface area contributed by atoms with Gasteiger partial charge >= 0.3 is 0 Å². The van der Waals surface area contributed by atoms with Crippen molar-refractivity contribution in [1.29, 1.82) is 0 Å². The Morgan fingerprint density at radius 2 is 2.15 bits per heavy atom. The standard InChI is InChI=1S/C19H23N5O2/c1-22-10-11-24(13-15-4-2-7-20-12-15)19(18(22)26)6-9-23(14-19)17(25)16-5-3-8-21-16/h2-5,7-8,12,21H,6,9-11,13-14H2,1H3/t19-/m0/s1. The van der Waals surface area contributed by atoms with Gasteiger partial charge in [-0.05, 0) is 30.2 Å². The van der Waals surface area contributed by atoms with Crippen molar-refractivity contribution in [2.24, 2.45) is 0 Å². The molecule has 2 aromatic rings. The molecule has 2 aromatic heterocycles. The van der Waals surface area contributed by atoms with Gasteiger partial charge in [-0.25, -0.2) is 0 Å². The molecule has 2 aliphatic rings. The molecule has 7 nitrogen and oxygen atoms in total. The summed E-state index contributed by atoms with van der Waals surface area (Å²) in [5.74, 6) is 0.0589. The lowest BCUT2D eigenvalue weighted by Crippen LogP contribution is -2.65. The first-order valence-electron chi connectivity index (χ1n) is 8.92. The molecule has 1 spiro atoms. The molecule has 0 unspecified atom stereocenters. The van der Waals surface area contributed by atoms with Crippen LogP contribution < -0.4 is 0 Å². The maximum atomic E-state index is 13.1. The number of aromatic amines is 1. The largest absolute Gasteiger partial charge is 0.357 e. The Hall–Kier alpha value is -2.67. The van der Waals surface area contributed by atoms with Gasteiger partial charge in [0.2, 0.25) is 5.91 Å². The van der Waals surface area contributed by atoms with Crippen LogP contribution in [0.1, 0.15) is 22.5 Å². The second-order valence-corrected chi connectivity index (χ2v) is 7.10. The number of H-pyrrole nitrogens is 1. The fourth-order valence-electron chi connectivity index (χ4n) is 4.05. The van der Waals surface area contributed by atoms with E-state index in [-0.39, 0.29) is 11.8 Å². The third-order valence-electron chi connectivity index (χ3n) is 5.51. The zero-order valence-electron chi connectivity index (χ0n) is 14.9. The van der Waals surface area contributed by atoms with Crippen LogP contribution in [0.5, 0.6) is 0 Å². The van der Waals surface area contributed by atoms with Gasteiger partial charge in [-0.3, -0.25) is 19.5 Å². The Morgan fingerprint density at radius 1 is 1.27 bits per heavy atom. The van der Waals surface area contributed by atoms with Crippen LogP contribution >= 0.6 is 0 Å². The Labute approximate surface area is 152 Å². The van der Waals surface area contributed by atoms with Crippen LogP contribution in [0.3, 0.4) is 0 Å². The predicted octanol–water partition coefficient (Wildman–Crippen LogP) is 0.969. The summed E-state index contributed by atoms with van der Waals surface area (Å²) in [5.41, 5.74) is 1.00. The Balaban J connectivity index is 1.59. The average molecular weight is 353 g/mol. The van der Waals surface area contributed by atoms with Gasteiger partial charge in [0.25, 0.3) is 5.91 Å². The van der Waals surface area contributed by atoms with Gasteiger partial charge in [-0.15, -0.1) is 0 Å². The molecule has 4 heterocycles. The number of nitrogens with one attached hydrogen (secondary N) is 1. The van der Waals surface area contributed by atoms with E-state index >= 15 is 0 Å². The van der Waals surface area contributed by atoms with Gasteiger partial charge in [-0.1, -0.05) is 6.07 Å². The molecule has 2 saturated heterocycles. The molecule has 0 aliphatic carbocycles. The fourth-order valence-corrected chi connectivity index (χ4v) is 4.05. The minimum Gasteiger partial charge on any atom is -0.357 e. The summed E-state index contributed by atoms with van der Waals surface area (Å²) in [7, 11) is 1.85. The van der Waals surface area contributed by atoms with Crippen molar-refractivity contribution in [3.05, 3.63) is 54.1 Å². The number of nitrogens with zero attached hydrogens (tertiary/aromatic N) is 4. The van der Waals surface area contributed by atoms with E-state index in [9.17, 15) is 9.59 Å². The summed E-state index contributed by atoms with van der Waals surface area (Å²) >= 11 is 0. The minimum atomic E-state index is -0.648. The van der Waals surface area contributed by atoms with Gasteiger partial charge < -0.3 is 14.8 Å². The minimum absolute atomic E-state index is 0.0470. The van der Waals surface area contributed by atoms with Crippen molar-refractivity contribution >= 4 is 11.8 Å². The van der Waals surface area contributed by atoms with Crippen LogP contribution in [0.2, 0.25) is 0 Å². The van der Waals surface area contributed by atoms with Gasteiger partial charge in [-0.2, -0.15) is 0 Å². The third-order valence-corrected chi connectivity index (χ3v) is 5.51. The molecular weight excluding hydrogens is 330 g/mol. The number of aromatic nitrogens is 2. The number of pyridine rings is 1. The van der Waals surface area contributed by atoms with Crippen molar-refractivity contribution in [2.45, 2.75) is 18.5 Å². The number of likely N-dealkylation sites (tertiary alicyclic amines) is 1. The van der Waals surface area contributed by atoms with Crippen LogP contribution in [0, 0.1) is 0 Å². The lowest BCUT2D eigenvalue weighted by atomic mass is 9.91. The Kier molecular flexibility index (Phi) is 4.24. The molecule has 2 fully saturated rings. The topological polar surface area (TPSA) is 72.5 Å². The third kappa shape index (κ3) is 2.78. The highest BCUT2D eigenvalue weighted by atomic mass is 16.2. The van der Waals surface area contributed by atoms with Crippen molar-refractivity contribution in [2.75, 3.05) is 33.2 Å². The highest BCUT2D eigenvalue weighted by Crippen LogP contribution is 2.34. The van der Waals surface area contributed by atoms with E-state index in [1.807, 2.05) is 31.4 Å². The van der Waals surface area contributed by atoms with E-state index in [0.717, 1.165) is 12.1 Å². The Morgan fingerprint density at radius 3 is 2.88 bits per heavy atom. The number of carbonyl (C=O) groups excluding carboxylic acids is 2. The quantitative estimate of drug-likeness (QED) is 0.892. The van der Waals surface area contributed by atoms with Gasteiger partial charge in [0.15, 0.2) is 0 Å². The van der Waals surface area contributed by atoms with Crippen LogP contribution in [0.15, 0.2) is 42.9 Å². The van der Waals surface area contributed by atoms with E-state index in [0.29, 0.717) is 38.3 Å². The lowest BCUT2D eigenvalue weighted by Gasteiger charge is -2.46. The van der Waals surface area contributed by atoms with E-state index in [2.05, 4.69) is 14.9 Å². The second-order valence-electron chi connectivity index (χ2n) is 7.10. The zero-order chi connectivity index (χ0) is 18.1. The molecule has 2 aliphatic heterocycles. The number of hydrogen-bond donors (Lipinski definition) is 1. The first-order chi connectivity index (χ1) is 12.6. The molecule has 2 amide bonds. The molecule has 0 bridgehead atoms. The summed E-state index contributed by atoms with van der Waals surface area (Å²) in [6.07, 6.45) is 5.99. The van der Waals surface area contributed by atoms with Crippen LogP contribution in [-0.2, 0) is 11.3 Å². The summed E-state index contributed by atoms with van der Waals surface area (Å²) in [5, 5.41) is 0. The number of amides is 2. The molecule has 4 rings (SSSR count). The number of piperazine rings is 1. The van der Waals surface area contributed by atoms with Crippen LogP contribution in [0.4, 0.5) is 0 Å².